The first-order valence-electron chi connectivity index (χ1n) is 8.88. The molecule has 1 N–H and O–H groups in total. The van der Waals surface area contributed by atoms with Gasteiger partial charge >= 0.3 is 0 Å². The summed E-state index contributed by atoms with van der Waals surface area (Å²) < 4.78 is 5.73. The molecule has 0 aliphatic rings. The third kappa shape index (κ3) is 5.40. The van der Waals surface area contributed by atoms with Crippen LogP contribution in [0, 0.1) is 13.8 Å². The molecular formula is C21H24Cl2N2O3. The van der Waals surface area contributed by atoms with Crippen LogP contribution in [0.2, 0.25) is 10.0 Å². The van der Waals surface area contributed by atoms with Crippen LogP contribution in [0.3, 0.4) is 0 Å². The minimum absolute atomic E-state index is 0.166. The fraction of sp³-hybridized carbons (Fsp3) is 0.333. The lowest BCUT2D eigenvalue weighted by molar-refractivity contribution is -0.142. The van der Waals surface area contributed by atoms with Crippen LogP contribution in [0.5, 0.6) is 5.75 Å². The van der Waals surface area contributed by atoms with Gasteiger partial charge in [0.1, 0.15) is 11.8 Å². The highest BCUT2D eigenvalue weighted by Crippen LogP contribution is 2.24. The minimum Gasteiger partial charge on any atom is -0.483 e. The molecule has 2 aromatic rings. The second kappa shape index (κ2) is 9.80. The third-order valence-electron chi connectivity index (χ3n) is 4.68. The second-order valence-corrected chi connectivity index (χ2v) is 7.38. The van der Waals surface area contributed by atoms with Crippen LogP contribution in [0.4, 0.5) is 0 Å². The molecule has 0 aromatic heterocycles. The Labute approximate surface area is 175 Å². The van der Waals surface area contributed by atoms with E-state index in [-0.39, 0.29) is 25.0 Å². The van der Waals surface area contributed by atoms with Crippen molar-refractivity contribution in [1.29, 1.82) is 0 Å². The van der Waals surface area contributed by atoms with E-state index in [9.17, 15) is 9.59 Å². The van der Waals surface area contributed by atoms with E-state index in [0.29, 0.717) is 21.4 Å². The van der Waals surface area contributed by atoms with Crippen molar-refractivity contribution in [1.82, 2.24) is 10.2 Å². The molecule has 5 nitrogen and oxygen atoms in total. The van der Waals surface area contributed by atoms with Crippen LogP contribution < -0.4 is 10.1 Å². The van der Waals surface area contributed by atoms with Gasteiger partial charge in [-0.05, 0) is 55.7 Å². The van der Waals surface area contributed by atoms with E-state index in [1.165, 1.54) is 11.9 Å². The van der Waals surface area contributed by atoms with Gasteiger partial charge in [-0.2, -0.15) is 0 Å². The van der Waals surface area contributed by atoms with Crippen molar-refractivity contribution < 1.29 is 14.3 Å². The molecule has 2 aromatic carbocycles. The maximum Gasteiger partial charge on any atom is 0.261 e. The molecule has 0 spiro atoms. The monoisotopic (exact) mass is 422 g/mol. The number of hydrogen-bond donors (Lipinski definition) is 1. The topological polar surface area (TPSA) is 58.6 Å². The maximum atomic E-state index is 12.9. The first kappa shape index (κ1) is 22.1. The fourth-order valence-corrected chi connectivity index (χ4v) is 3.20. The van der Waals surface area contributed by atoms with Gasteiger partial charge in [-0.3, -0.25) is 9.59 Å². The van der Waals surface area contributed by atoms with Crippen molar-refractivity contribution in [2.75, 3.05) is 13.7 Å². The quantitative estimate of drug-likeness (QED) is 0.728. The van der Waals surface area contributed by atoms with Crippen LogP contribution in [-0.2, 0) is 16.1 Å². The molecule has 0 saturated heterocycles. The summed E-state index contributed by atoms with van der Waals surface area (Å²) in [4.78, 5) is 26.5. The molecule has 0 fully saturated rings. The molecule has 150 valence electrons. The molecule has 7 heteroatoms. The molecule has 0 aliphatic heterocycles. The number of nitrogens with zero attached hydrogens (tertiary/aromatic N) is 1. The highest BCUT2D eigenvalue weighted by molar-refractivity contribution is 6.35. The van der Waals surface area contributed by atoms with Gasteiger partial charge in [-0.1, -0.05) is 41.4 Å². The normalized spacial score (nSPS) is 11.6. The molecule has 0 aliphatic carbocycles. The Morgan fingerprint density at radius 2 is 1.89 bits per heavy atom. The van der Waals surface area contributed by atoms with E-state index in [4.69, 9.17) is 27.9 Å². The van der Waals surface area contributed by atoms with Gasteiger partial charge in [0.15, 0.2) is 6.61 Å². The van der Waals surface area contributed by atoms with E-state index in [2.05, 4.69) is 5.32 Å². The van der Waals surface area contributed by atoms with Crippen LogP contribution in [-0.4, -0.2) is 36.4 Å². The number of hydrogen-bond acceptors (Lipinski definition) is 3. The lowest BCUT2D eigenvalue weighted by atomic mass is 10.1. The predicted octanol–water partition coefficient (Wildman–Crippen LogP) is 4.15. The van der Waals surface area contributed by atoms with Gasteiger partial charge in [0.2, 0.25) is 5.91 Å². The Bertz CT molecular complexity index is 871. The molecule has 0 heterocycles. The number of carbonyl (C=O) groups is 2. The van der Waals surface area contributed by atoms with Crippen molar-refractivity contribution in [3.05, 3.63) is 63.1 Å². The van der Waals surface area contributed by atoms with Crippen LogP contribution >= 0.6 is 23.2 Å². The summed E-state index contributed by atoms with van der Waals surface area (Å²) in [5.41, 5.74) is 2.75. The number of likely N-dealkylation sites (N-methyl/N-ethyl adjacent to an activating group) is 1. The van der Waals surface area contributed by atoms with Gasteiger partial charge in [-0.15, -0.1) is 0 Å². The van der Waals surface area contributed by atoms with Crippen LogP contribution in [0.1, 0.15) is 23.6 Å². The molecule has 0 radical (unpaired) electrons. The fourth-order valence-electron chi connectivity index (χ4n) is 2.73. The predicted molar refractivity (Wildman–Crippen MR) is 112 cm³/mol. The number of aryl methyl sites for hydroxylation is 1. The molecule has 2 amide bonds. The zero-order valence-corrected chi connectivity index (χ0v) is 17.9. The molecule has 0 saturated carbocycles. The number of nitrogens with one attached hydrogen (secondary N) is 1. The zero-order chi connectivity index (χ0) is 20.8. The van der Waals surface area contributed by atoms with Crippen molar-refractivity contribution in [2.45, 2.75) is 33.4 Å². The highest BCUT2D eigenvalue weighted by atomic mass is 35.5. The van der Waals surface area contributed by atoms with Crippen molar-refractivity contribution >= 4 is 35.0 Å². The number of carbonyl (C=O) groups excluding carboxylic acids is 2. The molecular weight excluding hydrogens is 399 g/mol. The summed E-state index contributed by atoms with van der Waals surface area (Å²) in [5.74, 6) is 0.0543. The SMILES string of the molecule is CNC(=O)[C@@H](C)N(Cc1ccc(Cl)cc1Cl)C(=O)COc1cccc(C)c1C. The summed E-state index contributed by atoms with van der Waals surface area (Å²) in [5, 5.41) is 3.51. The lowest BCUT2D eigenvalue weighted by Crippen LogP contribution is -2.48. The van der Waals surface area contributed by atoms with Crippen molar-refractivity contribution in [3.8, 4) is 5.75 Å². The Balaban J connectivity index is 2.21. The van der Waals surface area contributed by atoms with E-state index < -0.39 is 6.04 Å². The Morgan fingerprint density at radius 1 is 1.18 bits per heavy atom. The number of benzene rings is 2. The van der Waals surface area contributed by atoms with Gasteiger partial charge in [-0.25, -0.2) is 0 Å². The summed E-state index contributed by atoms with van der Waals surface area (Å²) in [6.45, 7) is 5.56. The summed E-state index contributed by atoms with van der Waals surface area (Å²) >= 11 is 12.2. The average Bonchev–Trinajstić information content (AvgIpc) is 2.67. The van der Waals surface area contributed by atoms with Gasteiger partial charge in [0.05, 0.1) is 0 Å². The largest absolute Gasteiger partial charge is 0.483 e. The number of ether oxygens (including phenoxy) is 1. The van der Waals surface area contributed by atoms with Crippen LogP contribution in [0.15, 0.2) is 36.4 Å². The second-order valence-electron chi connectivity index (χ2n) is 6.53. The molecule has 28 heavy (non-hydrogen) atoms. The van der Waals surface area contributed by atoms with Crippen molar-refractivity contribution in [3.63, 3.8) is 0 Å². The summed E-state index contributed by atoms with van der Waals surface area (Å²) in [6, 6.07) is 10.0. The smallest absolute Gasteiger partial charge is 0.261 e. The Kier molecular flexibility index (Phi) is 7.72. The average molecular weight is 423 g/mol. The molecule has 0 bridgehead atoms. The van der Waals surface area contributed by atoms with E-state index in [0.717, 1.165) is 11.1 Å². The Morgan fingerprint density at radius 3 is 2.54 bits per heavy atom. The first-order valence-corrected chi connectivity index (χ1v) is 9.64. The lowest BCUT2D eigenvalue weighted by Gasteiger charge is -2.28. The van der Waals surface area contributed by atoms with Gasteiger partial charge < -0.3 is 15.0 Å². The molecule has 1 atom stereocenters. The molecule has 0 unspecified atom stereocenters. The summed E-state index contributed by atoms with van der Waals surface area (Å²) in [6.07, 6.45) is 0. The third-order valence-corrected chi connectivity index (χ3v) is 5.26. The van der Waals surface area contributed by atoms with Gasteiger partial charge in [0.25, 0.3) is 5.91 Å². The molecule has 2 rings (SSSR count). The first-order chi connectivity index (χ1) is 13.2. The van der Waals surface area contributed by atoms with Crippen molar-refractivity contribution in [2.24, 2.45) is 0 Å². The van der Waals surface area contributed by atoms with Gasteiger partial charge in [0, 0.05) is 23.6 Å². The number of rotatable bonds is 7. The highest BCUT2D eigenvalue weighted by Gasteiger charge is 2.26. The standard InChI is InChI=1S/C21H24Cl2N2O3/c1-13-6-5-7-19(14(13)2)28-12-20(26)25(15(3)21(27)24-4)11-16-8-9-17(22)10-18(16)23/h5-10,15H,11-12H2,1-4H3,(H,24,27)/t15-/m1/s1. The van der Waals surface area contributed by atoms with E-state index in [1.807, 2.05) is 32.0 Å². The zero-order valence-electron chi connectivity index (χ0n) is 16.4. The van der Waals surface area contributed by atoms with E-state index >= 15 is 0 Å². The number of amides is 2. The minimum atomic E-state index is -0.688. The number of halogens is 2. The van der Waals surface area contributed by atoms with Crippen LogP contribution in [0.25, 0.3) is 0 Å². The maximum absolute atomic E-state index is 12.9. The van der Waals surface area contributed by atoms with E-state index in [1.54, 1.807) is 25.1 Å². The summed E-state index contributed by atoms with van der Waals surface area (Å²) in [7, 11) is 1.53. The Hall–Kier alpha value is -2.24.